The topological polar surface area (TPSA) is 17.1 Å². The van der Waals surface area contributed by atoms with Crippen LogP contribution in [0, 0.1) is 12.8 Å². The second-order valence-electron chi connectivity index (χ2n) is 3.63. The number of fused-ring (bicyclic) bond motifs is 1. The minimum absolute atomic E-state index is 0.196. The summed E-state index contributed by atoms with van der Waals surface area (Å²) < 4.78 is 0. The summed E-state index contributed by atoms with van der Waals surface area (Å²) in [5.41, 5.74) is 3.41. The number of carbonyl (C=O) groups is 1. The Morgan fingerprint density at radius 2 is 2.17 bits per heavy atom. The van der Waals surface area contributed by atoms with Gasteiger partial charge in [-0.15, -0.1) is 0 Å². The van der Waals surface area contributed by atoms with Gasteiger partial charge in [0.05, 0.1) is 0 Å². The molecule has 0 radical (unpaired) electrons. The molecule has 0 saturated heterocycles. The van der Waals surface area contributed by atoms with Crippen LogP contribution in [0.2, 0.25) is 0 Å². The van der Waals surface area contributed by atoms with Crippen LogP contribution in [0.15, 0.2) is 18.2 Å². The summed E-state index contributed by atoms with van der Waals surface area (Å²) in [5.74, 6) is 0.506. The Morgan fingerprint density at radius 3 is 2.92 bits per heavy atom. The van der Waals surface area contributed by atoms with Crippen molar-refractivity contribution in [3.05, 3.63) is 34.9 Å². The maximum atomic E-state index is 11.5. The SMILES string of the molecule is Cc1ccc2c(c1)C[C@H](C)C2=O. The molecule has 1 aliphatic rings. The van der Waals surface area contributed by atoms with Crippen LogP contribution in [0.25, 0.3) is 0 Å². The van der Waals surface area contributed by atoms with Gasteiger partial charge in [0.25, 0.3) is 0 Å². The molecular formula is C11H12O. The van der Waals surface area contributed by atoms with Crippen LogP contribution in [-0.2, 0) is 6.42 Å². The molecule has 12 heavy (non-hydrogen) atoms. The highest BCUT2D eigenvalue weighted by Crippen LogP contribution is 2.26. The number of benzene rings is 1. The average Bonchev–Trinajstić information content (AvgIpc) is 2.28. The van der Waals surface area contributed by atoms with E-state index in [9.17, 15) is 4.79 Å². The Hall–Kier alpha value is -1.11. The number of rotatable bonds is 0. The Bertz CT molecular complexity index is 339. The molecule has 1 atom stereocenters. The van der Waals surface area contributed by atoms with Crippen LogP contribution in [0.3, 0.4) is 0 Å². The van der Waals surface area contributed by atoms with Crippen molar-refractivity contribution >= 4 is 5.78 Å². The summed E-state index contributed by atoms with van der Waals surface area (Å²) in [6, 6.07) is 6.09. The van der Waals surface area contributed by atoms with Gasteiger partial charge in [-0.1, -0.05) is 30.7 Å². The third-order valence-electron chi connectivity index (χ3n) is 2.50. The first-order valence-corrected chi connectivity index (χ1v) is 4.32. The molecule has 62 valence electrons. The molecular weight excluding hydrogens is 148 g/mol. The van der Waals surface area contributed by atoms with E-state index in [2.05, 4.69) is 13.0 Å². The van der Waals surface area contributed by atoms with Crippen LogP contribution < -0.4 is 0 Å². The summed E-state index contributed by atoms with van der Waals surface area (Å²) in [5, 5.41) is 0. The van der Waals surface area contributed by atoms with Crippen molar-refractivity contribution in [3.63, 3.8) is 0 Å². The predicted octanol–water partition coefficient (Wildman–Crippen LogP) is 2.37. The van der Waals surface area contributed by atoms with Crippen molar-refractivity contribution in [1.29, 1.82) is 0 Å². The van der Waals surface area contributed by atoms with Gasteiger partial charge < -0.3 is 0 Å². The highest BCUT2D eigenvalue weighted by Gasteiger charge is 2.26. The Balaban J connectivity index is 2.54. The van der Waals surface area contributed by atoms with Crippen LogP contribution in [0.5, 0.6) is 0 Å². The lowest BCUT2D eigenvalue weighted by molar-refractivity contribution is 0.0946. The van der Waals surface area contributed by atoms with Crippen molar-refractivity contribution in [2.75, 3.05) is 0 Å². The summed E-state index contributed by atoms with van der Waals surface area (Å²) in [4.78, 5) is 11.5. The predicted molar refractivity (Wildman–Crippen MR) is 48.4 cm³/mol. The smallest absolute Gasteiger partial charge is 0.166 e. The largest absolute Gasteiger partial charge is 0.294 e. The molecule has 0 heterocycles. The van der Waals surface area contributed by atoms with Gasteiger partial charge in [-0.05, 0) is 18.9 Å². The first-order valence-electron chi connectivity index (χ1n) is 4.32. The fraction of sp³-hybridized carbons (Fsp3) is 0.364. The molecule has 1 aromatic rings. The van der Waals surface area contributed by atoms with Gasteiger partial charge in [0.15, 0.2) is 5.78 Å². The summed E-state index contributed by atoms with van der Waals surface area (Å²) in [6.07, 6.45) is 0.926. The molecule has 1 aliphatic carbocycles. The number of hydrogen-bond acceptors (Lipinski definition) is 1. The first kappa shape index (κ1) is 7.53. The molecule has 1 heteroatoms. The summed E-state index contributed by atoms with van der Waals surface area (Å²) in [7, 11) is 0. The maximum absolute atomic E-state index is 11.5. The van der Waals surface area contributed by atoms with E-state index in [1.54, 1.807) is 0 Å². The van der Waals surface area contributed by atoms with Crippen molar-refractivity contribution in [2.45, 2.75) is 20.3 Å². The monoisotopic (exact) mass is 160 g/mol. The molecule has 1 aromatic carbocycles. The molecule has 2 rings (SSSR count). The van der Waals surface area contributed by atoms with Crippen LogP contribution >= 0.6 is 0 Å². The summed E-state index contributed by atoms with van der Waals surface area (Å²) in [6.45, 7) is 4.06. The van der Waals surface area contributed by atoms with Crippen LogP contribution in [-0.4, -0.2) is 5.78 Å². The zero-order chi connectivity index (χ0) is 8.72. The molecule has 0 N–H and O–H groups in total. The van der Waals surface area contributed by atoms with Gasteiger partial charge in [-0.2, -0.15) is 0 Å². The van der Waals surface area contributed by atoms with Gasteiger partial charge in [0, 0.05) is 11.5 Å². The normalized spacial score (nSPS) is 21.2. The Kier molecular flexibility index (Phi) is 1.53. The highest BCUT2D eigenvalue weighted by molar-refractivity contribution is 6.02. The van der Waals surface area contributed by atoms with Gasteiger partial charge >= 0.3 is 0 Å². The van der Waals surface area contributed by atoms with Crippen molar-refractivity contribution in [1.82, 2.24) is 0 Å². The van der Waals surface area contributed by atoms with Gasteiger partial charge in [-0.3, -0.25) is 4.79 Å². The molecule has 0 unspecified atom stereocenters. The average molecular weight is 160 g/mol. The van der Waals surface area contributed by atoms with E-state index in [1.165, 1.54) is 11.1 Å². The second-order valence-corrected chi connectivity index (χ2v) is 3.63. The fourth-order valence-electron chi connectivity index (χ4n) is 1.82. The zero-order valence-electron chi connectivity index (χ0n) is 7.42. The lowest BCUT2D eigenvalue weighted by Crippen LogP contribution is -2.02. The lowest BCUT2D eigenvalue weighted by atomic mass is 10.1. The number of Topliss-reactive ketones (excluding diaryl/α,β-unsaturated/α-hetero) is 1. The van der Waals surface area contributed by atoms with E-state index >= 15 is 0 Å². The molecule has 0 amide bonds. The van der Waals surface area contributed by atoms with Gasteiger partial charge in [0.1, 0.15) is 0 Å². The molecule has 0 aliphatic heterocycles. The van der Waals surface area contributed by atoms with Crippen molar-refractivity contribution < 1.29 is 4.79 Å². The third kappa shape index (κ3) is 0.970. The Morgan fingerprint density at radius 1 is 1.42 bits per heavy atom. The van der Waals surface area contributed by atoms with E-state index < -0.39 is 0 Å². The molecule has 0 spiro atoms. The third-order valence-corrected chi connectivity index (χ3v) is 2.50. The lowest BCUT2D eigenvalue weighted by Gasteiger charge is -1.97. The highest BCUT2D eigenvalue weighted by atomic mass is 16.1. The molecule has 0 aromatic heterocycles. The number of ketones is 1. The van der Waals surface area contributed by atoms with Gasteiger partial charge in [0.2, 0.25) is 0 Å². The minimum atomic E-state index is 0.196. The number of aryl methyl sites for hydroxylation is 1. The van der Waals surface area contributed by atoms with E-state index in [4.69, 9.17) is 0 Å². The zero-order valence-corrected chi connectivity index (χ0v) is 7.42. The minimum Gasteiger partial charge on any atom is -0.294 e. The molecule has 0 saturated carbocycles. The fourth-order valence-corrected chi connectivity index (χ4v) is 1.82. The van der Waals surface area contributed by atoms with E-state index in [0.29, 0.717) is 5.78 Å². The number of hydrogen-bond donors (Lipinski definition) is 0. The number of carbonyl (C=O) groups excluding carboxylic acids is 1. The van der Waals surface area contributed by atoms with Crippen molar-refractivity contribution in [2.24, 2.45) is 5.92 Å². The first-order chi connectivity index (χ1) is 5.68. The van der Waals surface area contributed by atoms with E-state index in [1.807, 2.05) is 19.1 Å². The standard InChI is InChI=1S/C11H12O/c1-7-3-4-10-9(5-7)6-8(2)11(10)12/h3-5,8H,6H2,1-2H3/t8-/m0/s1. The molecule has 0 bridgehead atoms. The summed E-state index contributed by atoms with van der Waals surface area (Å²) >= 11 is 0. The maximum Gasteiger partial charge on any atom is 0.166 e. The van der Waals surface area contributed by atoms with Crippen molar-refractivity contribution in [3.8, 4) is 0 Å². The Labute approximate surface area is 72.4 Å². The second kappa shape index (κ2) is 2.44. The van der Waals surface area contributed by atoms with Gasteiger partial charge in [-0.25, -0.2) is 0 Å². The van der Waals surface area contributed by atoms with Crippen LogP contribution in [0.1, 0.15) is 28.4 Å². The van der Waals surface area contributed by atoms with E-state index in [-0.39, 0.29) is 5.92 Å². The van der Waals surface area contributed by atoms with Crippen LogP contribution in [0.4, 0.5) is 0 Å². The van der Waals surface area contributed by atoms with E-state index in [0.717, 1.165) is 12.0 Å². The molecule has 1 nitrogen and oxygen atoms in total. The molecule has 0 fully saturated rings. The quantitative estimate of drug-likeness (QED) is 0.569.